The molecule has 2 fully saturated rings. The van der Waals surface area contributed by atoms with E-state index < -0.39 is 16.8 Å². The lowest BCUT2D eigenvalue weighted by atomic mass is 9.97. The molecule has 1 saturated heterocycles. The minimum Gasteiger partial charge on any atom is -0.444 e. The van der Waals surface area contributed by atoms with Gasteiger partial charge in [-0.1, -0.05) is 0 Å². The van der Waals surface area contributed by atoms with E-state index in [0.29, 0.717) is 19.5 Å². The monoisotopic (exact) mass is 317 g/mol. The molecule has 0 aromatic carbocycles. The fourth-order valence-corrected chi connectivity index (χ4v) is 3.61. The molecule has 3 rings (SSSR count). The van der Waals surface area contributed by atoms with Crippen molar-refractivity contribution in [1.82, 2.24) is 9.88 Å². The minimum absolute atomic E-state index is 0.0515. The van der Waals surface area contributed by atoms with Gasteiger partial charge in [-0.3, -0.25) is 4.98 Å². The van der Waals surface area contributed by atoms with Crippen LogP contribution in [-0.4, -0.2) is 34.7 Å². The van der Waals surface area contributed by atoms with E-state index in [9.17, 15) is 14.4 Å². The largest absolute Gasteiger partial charge is 0.444 e. The SMILES string of the molecule is CC(C)(C)OC(=O)N1CCC2C(C1)C2(C#N)c1ncccc1F. The maximum Gasteiger partial charge on any atom is 0.410 e. The molecule has 6 heteroatoms. The van der Waals surface area contributed by atoms with Gasteiger partial charge in [-0.15, -0.1) is 0 Å². The van der Waals surface area contributed by atoms with Gasteiger partial charge in [-0.25, -0.2) is 9.18 Å². The average molecular weight is 317 g/mol. The molecule has 2 heterocycles. The van der Waals surface area contributed by atoms with E-state index in [4.69, 9.17) is 4.74 Å². The Kier molecular flexibility index (Phi) is 3.55. The van der Waals surface area contributed by atoms with Crippen molar-refractivity contribution in [3.63, 3.8) is 0 Å². The zero-order chi connectivity index (χ0) is 16.8. The van der Waals surface area contributed by atoms with Gasteiger partial charge in [-0.05, 0) is 45.2 Å². The van der Waals surface area contributed by atoms with Crippen LogP contribution in [0.2, 0.25) is 0 Å². The molecule has 0 bridgehead atoms. The normalized spacial score (nSPS) is 29.4. The van der Waals surface area contributed by atoms with Crippen LogP contribution in [0, 0.1) is 29.0 Å². The first-order chi connectivity index (χ1) is 10.8. The van der Waals surface area contributed by atoms with Gasteiger partial charge in [0.05, 0.1) is 11.8 Å². The standard InChI is InChI=1S/C17H20FN3O2/c1-16(2,3)23-15(22)21-8-6-11-12(9-21)17(11,10-19)14-13(18)5-4-7-20-14/h4-5,7,11-12H,6,8-9H2,1-3H3. The van der Waals surface area contributed by atoms with Crippen LogP contribution in [0.25, 0.3) is 0 Å². The molecule has 122 valence electrons. The zero-order valence-electron chi connectivity index (χ0n) is 13.5. The summed E-state index contributed by atoms with van der Waals surface area (Å²) >= 11 is 0. The highest BCUT2D eigenvalue weighted by Crippen LogP contribution is 2.63. The van der Waals surface area contributed by atoms with Crippen LogP contribution in [0.4, 0.5) is 9.18 Å². The van der Waals surface area contributed by atoms with Gasteiger partial charge in [0, 0.05) is 25.2 Å². The Labute approximate surface area is 135 Å². The van der Waals surface area contributed by atoms with E-state index in [0.717, 1.165) is 0 Å². The molecular weight excluding hydrogens is 297 g/mol. The van der Waals surface area contributed by atoms with E-state index in [1.807, 2.05) is 20.8 Å². The van der Waals surface area contributed by atoms with Crippen molar-refractivity contribution >= 4 is 6.09 Å². The van der Waals surface area contributed by atoms with Crippen molar-refractivity contribution in [3.8, 4) is 6.07 Å². The highest BCUT2D eigenvalue weighted by atomic mass is 19.1. The Bertz CT molecular complexity index is 679. The van der Waals surface area contributed by atoms with Crippen LogP contribution >= 0.6 is 0 Å². The number of rotatable bonds is 1. The Morgan fingerprint density at radius 1 is 1.52 bits per heavy atom. The van der Waals surface area contributed by atoms with Gasteiger partial charge in [-0.2, -0.15) is 5.26 Å². The molecule has 2 aliphatic rings. The van der Waals surface area contributed by atoms with Crippen molar-refractivity contribution < 1.29 is 13.9 Å². The van der Waals surface area contributed by atoms with Gasteiger partial charge >= 0.3 is 6.09 Å². The molecular formula is C17H20FN3O2. The molecule has 3 atom stereocenters. The second-order valence-corrected chi connectivity index (χ2v) is 7.24. The third kappa shape index (κ3) is 2.54. The van der Waals surface area contributed by atoms with Crippen LogP contribution in [0.5, 0.6) is 0 Å². The van der Waals surface area contributed by atoms with E-state index in [1.54, 1.807) is 4.90 Å². The lowest BCUT2D eigenvalue weighted by Gasteiger charge is -2.29. The third-order valence-corrected chi connectivity index (χ3v) is 4.66. The fraction of sp³-hybridized carbons (Fsp3) is 0.588. The molecule has 5 nitrogen and oxygen atoms in total. The summed E-state index contributed by atoms with van der Waals surface area (Å²) in [6.45, 7) is 6.38. The van der Waals surface area contributed by atoms with Crippen molar-refractivity contribution in [2.45, 2.75) is 38.2 Å². The zero-order valence-corrected chi connectivity index (χ0v) is 13.5. The average Bonchev–Trinajstić information content (AvgIpc) is 3.14. The second-order valence-electron chi connectivity index (χ2n) is 7.24. The Morgan fingerprint density at radius 2 is 2.26 bits per heavy atom. The van der Waals surface area contributed by atoms with Crippen LogP contribution in [0.15, 0.2) is 18.3 Å². The Morgan fingerprint density at radius 3 is 2.87 bits per heavy atom. The minimum atomic E-state index is -0.915. The van der Waals surface area contributed by atoms with Crippen LogP contribution < -0.4 is 0 Å². The lowest BCUT2D eigenvalue weighted by molar-refractivity contribution is 0.0207. The van der Waals surface area contributed by atoms with E-state index in [1.165, 1.54) is 18.3 Å². The van der Waals surface area contributed by atoms with Gasteiger partial charge in [0.25, 0.3) is 0 Å². The summed E-state index contributed by atoms with van der Waals surface area (Å²) in [4.78, 5) is 17.9. The number of carbonyl (C=O) groups is 1. The summed E-state index contributed by atoms with van der Waals surface area (Å²) < 4.78 is 19.5. The molecule has 23 heavy (non-hydrogen) atoms. The number of likely N-dealkylation sites (tertiary alicyclic amines) is 1. The van der Waals surface area contributed by atoms with E-state index >= 15 is 0 Å². The predicted molar refractivity (Wildman–Crippen MR) is 80.9 cm³/mol. The van der Waals surface area contributed by atoms with Gasteiger partial charge in [0.15, 0.2) is 0 Å². The number of fused-ring (bicyclic) bond motifs is 1. The van der Waals surface area contributed by atoms with Crippen LogP contribution in [0.1, 0.15) is 32.9 Å². The molecule has 0 N–H and O–H groups in total. The first-order valence-electron chi connectivity index (χ1n) is 7.80. The maximum absolute atomic E-state index is 14.1. The summed E-state index contributed by atoms with van der Waals surface area (Å²) in [6, 6.07) is 5.13. The number of amides is 1. The number of carbonyl (C=O) groups excluding carboxylic acids is 1. The number of hydrogen-bond acceptors (Lipinski definition) is 4. The van der Waals surface area contributed by atoms with Gasteiger partial charge in [0.1, 0.15) is 16.8 Å². The first kappa shape index (κ1) is 15.7. The lowest BCUT2D eigenvalue weighted by Crippen LogP contribution is -2.40. The summed E-state index contributed by atoms with van der Waals surface area (Å²) in [5, 5.41) is 9.69. The number of ether oxygens (including phenoxy) is 1. The topological polar surface area (TPSA) is 66.2 Å². The van der Waals surface area contributed by atoms with Gasteiger partial charge < -0.3 is 9.64 Å². The van der Waals surface area contributed by atoms with Crippen LogP contribution in [-0.2, 0) is 10.2 Å². The van der Waals surface area contributed by atoms with Crippen molar-refractivity contribution in [1.29, 1.82) is 5.26 Å². The molecule has 1 aliphatic heterocycles. The summed E-state index contributed by atoms with van der Waals surface area (Å²) in [5.41, 5.74) is -1.26. The fourth-order valence-electron chi connectivity index (χ4n) is 3.61. The van der Waals surface area contributed by atoms with Crippen LogP contribution in [0.3, 0.4) is 0 Å². The Balaban J connectivity index is 1.80. The van der Waals surface area contributed by atoms with Crippen molar-refractivity contribution in [2.75, 3.05) is 13.1 Å². The molecule has 1 aromatic rings. The number of nitrogens with zero attached hydrogens (tertiary/aromatic N) is 3. The first-order valence-corrected chi connectivity index (χ1v) is 7.80. The molecule has 1 amide bonds. The smallest absolute Gasteiger partial charge is 0.410 e. The molecule has 1 saturated carbocycles. The molecule has 1 aromatic heterocycles. The maximum atomic E-state index is 14.1. The molecule has 3 unspecified atom stereocenters. The second kappa shape index (κ2) is 5.19. The van der Waals surface area contributed by atoms with E-state index in [2.05, 4.69) is 11.1 Å². The van der Waals surface area contributed by atoms with Crippen molar-refractivity contribution in [3.05, 3.63) is 29.8 Å². The Hall–Kier alpha value is -2.16. The number of pyridine rings is 1. The predicted octanol–water partition coefficient (Wildman–Crippen LogP) is 2.87. The number of halogens is 1. The highest BCUT2D eigenvalue weighted by Gasteiger charge is 2.69. The summed E-state index contributed by atoms with van der Waals surface area (Å²) in [7, 11) is 0. The quantitative estimate of drug-likeness (QED) is 0.799. The number of aromatic nitrogens is 1. The third-order valence-electron chi connectivity index (χ3n) is 4.66. The molecule has 0 spiro atoms. The number of nitriles is 1. The molecule has 1 aliphatic carbocycles. The van der Waals surface area contributed by atoms with E-state index in [-0.39, 0.29) is 23.6 Å². The summed E-state index contributed by atoms with van der Waals surface area (Å²) in [5.74, 6) is -0.485. The molecule has 0 radical (unpaired) electrons. The number of hydrogen-bond donors (Lipinski definition) is 0. The summed E-state index contributed by atoms with van der Waals surface area (Å²) in [6.07, 6.45) is 1.79. The van der Waals surface area contributed by atoms with Crippen molar-refractivity contribution in [2.24, 2.45) is 11.8 Å². The highest BCUT2D eigenvalue weighted by molar-refractivity contribution is 5.68. The number of piperidine rings is 1. The van der Waals surface area contributed by atoms with Gasteiger partial charge in [0.2, 0.25) is 0 Å².